The lowest BCUT2D eigenvalue weighted by molar-refractivity contribution is -0.127. The maximum atomic E-state index is 11.8. The van der Waals surface area contributed by atoms with Crippen LogP contribution >= 0.6 is 12.2 Å². The van der Waals surface area contributed by atoms with E-state index in [1.165, 1.54) is 0 Å². The molecule has 0 bridgehead atoms. The smallest absolute Gasteiger partial charge is 0.233 e. The Balaban J connectivity index is 4.63. The van der Waals surface area contributed by atoms with E-state index in [4.69, 9.17) is 18.0 Å². The summed E-state index contributed by atoms with van der Waals surface area (Å²) in [5.41, 5.74) is 4.99. The van der Waals surface area contributed by atoms with Gasteiger partial charge in [-0.15, -0.1) is 0 Å². The van der Waals surface area contributed by atoms with E-state index in [0.29, 0.717) is 24.4 Å². The molecule has 14 heavy (non-hydrogen) atoms. The van der Waals surface area contributed by atoms with Crippen LogP contribution in [0.5, 0.6) is 0 Å². The van der Waals surface area contributed by atoms with Crippen LogP contribution in [0.3, 0.4) is 0 Å². The van der Waals surface area contributed by atoms with Crippen molar-refractivity contribution in [3.05, 3.63) is 0 Å². The van der Waals surface area contributed by atoms with Gasteiger partial charge in [-0.05, 0) is 19.3 Å². The van der Waals surface area contributed by atoms with Gasteiger partial charge < -0.3 is 11.1 Å². The van der Waals surface area contributed by atoms with Crippen molar-refractivity contribution in [1.29, 1.82) is 0 Å². The third kappa shape index (κ3) is 2.67. The van der Waals surface area contributed by atoms with E-state index in [1.807, 2.05) is 20.8 Å². The summed E-state index contributed by atoms with van der Waals surface area (Å²) in [7, 11) is 0. The summed E-state index contributed by atoms with van der Waals surface area (Å²) in [6, 6.07) is 0. The van der Waals surface area contributed by atoms with Crippen molar-refractivity contribution < 1.29 is 4.79 Å². The fourth-order valence-electron chi connectivity index (χ4n) is 1.44. The van der Waals surface area contributed by atoms with Crippen LogP contribution < -0.4 is 11.1 Å². The van der Waals surface area contributed by atoms with E-state index >= 15 is 0 Å². The van der Waals surface area contributed by atoms with Crippen molar-refractivity contribution in [3.63, 3.8) is 0 Å². The Bertz CT molecular complexity index is 212. The normalized spacial score (nSPS) is 11.1. The molecule has 0 aliphatic rings. The largest absolute Gasteiger partial charge is 0.392 e. The first kappa shape index (κ1) is 13.4. The van der Waals surface area contributed by atoms with Gasteiger partial charge in [0.15, 0.2) is 0 Å². The highest BCUT2D eigenvalue weighted by atomic mass is 32.1. The van der Waals surface area contributed by atoms with E-state index in [2.05, 4.69) is 5.32 Å². The highest BCUT2D eigenvalue weighted by molar-refractivity contribution is 7.80. The zero-order chi connectivity index (χ0) is 11.2. The first-order chi connectivity index (χ1) is 6.55. The van der Waals surface area contributed by atoms with Gasteiger partial charge in [0, 0.05) is 6.54 Å². The molecule has 0 unspecified atom stereocenters. The van der Waals surface area contributed by atoms with Gasteiger partial charge >= 0.3 is 0 Å². The molecule has 1 amide bonds. The summed E-state index contributed by atoms with van der Waals surface area (Å²) < 4.78 is 0. The van der Waals surface area contributed by atoms with Gasteiger partial charge in [-0.25, -0.2) is 0 Å². The predicted molar refractivity (Wildman–Crippen MR) is 63.1 cm³/mol. The number of hydrogen-bond donors (Lipinski definition) is 2. The molecule has 0 aromatic heterocycles. The van der Waals surface area contributed by atoms with E-state index in [-0.39, 0.29) is 5.91 Å². The maximum absolute atomic E-state index is 11.8. The Hall–Kier alpha value is -0.640. The number of carbonyl (C=O) groups excluding carboxylic acids is 1. The molecule has 0 aliphatic carbocycles. The summed E-state index contributed by atoms with van der Waals surface area (Å²) in [5.74, 6) is -0.0307. The SMILES string of the molecule is CCCNC(=O)C(CC)(CC)C(N)=S. The number of nitrogens with one attached hydrogen (secondary N) is 1. The van der Waals surface area contributed by atoms with E-state index < -0.39 is 5.41 Å². The minimum atomic E-state index is -0.648. The van der Waals surface area contributed by atoms with Crippen LogP contribution in [0, 0.1) is 5.41 Å². The quantitative estimate of drug-likeness (QED) is 0.663. The Morgan fingerprint density at radius 3 is 2.14 bits per heavy atom. The Morgan fingerprint density at radius 2 is 1.86 bits per heavy atom. The maximum Gasteiger partial charge on any atom is 0.233 e. The van der Waals surface area contributed by atoms with Crippen molar-refractivity contribution in [2.24, 2.45) is 11.1 Å². The average molecular weight is 216 g/mol. The Kier molecular flexibility index (Phi) is 5.69. The first-order valence-corrected chi connectivity index (χ1v) is 5.54. The first-order valence-electron chi connectivity index (χ1n) is 5.13. The second kappa shape index (κ2) is 5.96. The molecule has 4 heteroatoms. The van der Waals surface area contributed by atoms with Crippen LogP contribution in [0.4, 0.5) is 0 Å². The molecule has 0 aliphatic heterocycles. The standard InChI is InChI=1S/C10H20N2OS/c1-4-7-12-9(13)10(5-2,6-3)8(11)14/h4-7H2,1-3H3,(H2,11,14)(H,12,13). The number of hydrogen-bond acceptors (Lipinski definition) is 2. The van der Waals surface area contributed by atoms with Gasteiger partial charge in [0.1, 0.15) is 0 Å². The molecule has 0 fully saturated rings. The van der Waals surface area contributed by atoms with Gasteiger partial charge in [0.2, 0.25) is 5.91 Å². The summed E-state index contributed by atoms with van der Waals surface area (Å²) in [6.45, 7) is 6.58. The van der Waals surface area contributed by atoms with Crippen LogP contribution in [0.25, 0.3) is 0 Å². The van der Waals surface area contributed by atoms with Crippen LogP contribution in [-0.2, 0) is 4.79 Å². The van der Waals surface area contributed by atoms with Gasteiger partial charge in [-0.2, -0.15) is 0 Å². The van der Waals surface area contributed by atoms with Gasteiger partial charge in [0.05, 0.1) is 10.4 Å². The average Bonchev–Trinajstić information content (AvgIpc) is 2.17. The molecule has 0 spiro atoms. The second-order valence-corrected chi connectivity index (χ2v) is 3.85. The molecule has 0 aromatic carbocycles. The van der Waals surface area contributed by atoms with Crippen LogP contribution in [0.2, 0.25) is 0 Å². The molecule has 3 nitrogen and oxygen atoms in total. The Morgan fingerprint density at radius 1 is 1.36 bits per heavy atom. The number of amides is 1. The summed E-state index contributed by atoms with van der Waals surface area (Å²) in [6.07, 6.45) is 2.25. The lowest BCUT2D eigenvalue weighted by atomic mass is 9.81. The molecule has 0 atom stereocenters. The lowest BCUT2D eigenvalue weighted by Gasteiger charge is -2.28. The molecular weight excluding hydrogens is 196 g/mol. The molecule has 0 aromatic rings. The van der Waals surface area contributed by atoms with E-state index in [0.717, 1.165) is 6.42 Å². The minimum Gasteiger partial charge on any atom is -0.392 e. The van der Waals surface area contributed by atoms with Gasteiger partial charge in [-0.1, -0.05) is 33.0 Å². The highest BCUT2D eigenvalue weighted by Gasteiger charge is 2.37. The minimum absolute atomic E-state index is 0.0307. The third-order valence-electron chi connectivity index (χ3n) is 2.65. The molecule has 0 radical (unpaired) electrons. The second-order valence-electron chi connectivity index (χ2n) is 3.41. The predicted octanol–water partition coefficient (Wildman–Crippen LogP) is 1.61. The number of rotatable bonds is 6. The molecule has 0 saturated carbocycles. The van der Waals surface area contributed by atoms with Crippen LogP contribution in [-0.4, -0.2) is 17.4 Å². The molecule has 0 rings (SSSR count). The molecule has 3 N–H and O–H groups in total. The van der Waals surface area contributed by atoms with E-state index in [9.17, 15) is 4.79 Å². The van der Waals surface area contributed by atoms with Crippen molar-refractivity contribution in [2.75, 3.05) is 6.54 Å². The van der Waals surface area contributed by atoms with Crippen LogP contribution in [0.15, 0.2) is 0 Å². The van der Waals surface area contributed by atoms with Crippen molar-refractivity contribution in [2.45, 2.75) is 40.0 Å². The van der Waals surface area contributed by atoms with E-state index in [1.54, 1.807) is 0 Å². The summed E-state index contributed by atoms with van der Waals surface area (Å²) in [5, 5.41) is 2.85. The van der Waals surface area contributed by atoms with Crippen molar-refractivity contribution in [1.82, 2.24) is 5.32 Å². The summed E-state index contributed by atoms with van der Waals surface area (Å²) in [4.78, 5) is 12.2. The number of thiocarbonyl (C=S) groups is 1. The number of carbonyl (C=O) groups is 1. The Labute approximate surface area is 91.4 Å². The van der Waals surface area contributed by atoms with Gasteiger partial charge in [-0.3, -0.25) is 4.79 Å². The zero-order valence-electron chi connectivity index (χ0n) is 9.22. The molecule has 0 saturated heterocycles. The van der Waals surface area contributed by atoms with Gasteiger partial charge in [0.25, 0.3) is 0 Å². The zero-order valence-corrected chi connectivity index (χ0v) is 10.0. The third-order valence-corrected chi connectivity index (χ3v) is 3.04. The fraction of sp³-hybridized carbons (Fsp3) is 0.800. The van der Waals surface area contributed by atoms with Crippen molar-refractivity contribution in [3.8, 4) is 0 Å². The van der Waals surface area contributed by atoms with Crippen LogP contribution in [0.1, 0.15) is 40.0 Å². The fourth-order valence-corrected chi connectivity index (χ4v) is 1.82. The molecular formula is C10H20N2OS. The highest BCUT2D eigenvalue weighted by Crippen LogP contribution is 2.26. The van der Waals surface area contributed by atoms with Crippen molar-refractivity contribution >= 4 is 23.1 Å². The number of nitrogens with two attached hydrogens (primary N) is 1. The summed E-state index contributed by atoms with van der Waals surface area (Å²) >= 11 is 4.97. The lowest BCUT2D eigenvalue weighted by Crippen LogP contribution is -2.48. The molecule has 82 valence electrons. The molecule has 0 heterocycles. The topological polar surface area (TPSA) is 55.1 Å². The monoisotopic (exact) mass is 216 g/mol.